The third-order valence-electron chi connectivity index (χ3n) is 2.44. The van der Waals surface area contributed by atoms with Gasteiger partial charge in [0.05, 0.1) is 13.0 Å². The molecule has 98 valence electrons. The van der Waals surface area contributed by atoms with Crippen LogP contribution in [0.2, 0.25) is 0 Å². The molecule has 19 heavy (non-hydrogen) atoms. The van der Waals surface area contributed by atoms with Gasteiger partial charge in [-0.3, -0.25) is 4.79 Å². The number of carbonyl (C=O) groups is 1. The van der Waals surface area contributed by atoms with Gasteiger partial charge in [0.15, 0.2) is 0 Å². The molecule has 0 spiro atoms. The molecular formula is C15H15NO3. The fourth-order valence-corrected chi connectivity index (χ4v) is 1.59. The van der Waals surface area contributed by atoms with Gasteiger partial charge in [-0.15, -0.1) is 0 Å². The Labute approximate surface area is 111 Å². The Morgan fingerprint density at radius 2 is 1.79 bits per heavy atom. The molecule has 0 aliphatic heterocycles. The molecule has 0 aliphatic rings. The van der Waals surface area contributed by atoms with Gasteiger partial charge in [-0.1, -0.05) is 24.3 Å². The van der Waals surface area contributed by atoms with Gasteiger partial charge in [0, 0.05) is 11.8 Å². The minimum Gasteiger partial charge on any atom is -0.457 e. The average molecular weight is 257 g/mol. The monoisotopic (exact) mass is 257 g/mol. The van der Waals surface area contributed by atoms with Crippen molar-refractivity contribution in [3.8, 4) is 11.5 Å². The van der Waals surface area contributed by atoms with Crippen LogP contribution in [0.25, 0.3) is 0 Å². The summed E-state index contributed by atoms with van der Waals surface area (Å²) in [6.07, 6.45) is 0.0871. The highest BCUT2D eigenvalue weighted by molar-refractivity contribution is 5.90. The molecule has 0 radical (unpaired) electrons. The van der Waals surface area contributed by atoms with E-state index in [0.29, 0.717) is 11.4 Å². The topological polar surface area (TPSA) is 58.6 Å². The van der Waals surface area contributed by atoms with Crippen LogP contribution in [0.5, 0.6) is 11.5 Å². The largest absolute Gasteiger partial charge is 0.457 e. The number of hydrogen-bond acceptors (Lipinski definition) is 3. The van der Waals surface area contributed by atoms with Crippen molar-refractivity contribution in [2.75, 3.05) is 11.9 Å². The minimum atomic E-state index is -0.223. The quantitative estimate of drug-likeness (QED) is 0.866. The van der Waals surface area contributed by atoms with Crippen molar-refractivity contribution in [3.63, 3.8) is 0 Å². The van der Waals surface area contributed by atoms with Crippen molar-refractivity contribution in [1.82, 2.24) is 0 Å². The fourth-order valence-electron chi connectivity index (χ4n) is 1.59. The van der Waals surface area contributed by atoms with Crippen molar-refractivity contribution in [2.24, 2.45) is 0 Å². The van der Waals surface area contributed by atoms with E-state index >= 15 is 0 Å². The number of amides is 1. The Morgan fingerprint density at radius 3 is 2.53 bits per heavy atom. The van der Waals surface area contributed by atoms with E-state index in [1.54, 1.807) is 18.2 Å². The normalized spacial score (nSPS) is 9.95. The first kappa shape index (κ1) is 13.1. The first-order valence-corrected chi connectivity index (χ1v) is 6.01. The van der Waals surface area contributed by atoms with Crippen molar-refractivity contribution in [2.45, 2.75) is 6.42 Å². The second kappa shape index (κ2) is 6.56. The van der Waals surface area contributed by atoms with E-state index in [1.165, 1.54) is 0 Å². The summed E-state index contributed by atoms with van der Waals surface area (Å²) in [4.78, 5) is 11.4. The number of nitrogens with one attached hydrogen (secondary N) is 1. The summed E-state index contributed by atoms with van der Waals surface area (Å²) in [5, 5.41) is 11.4. The lowest BCUT2D eigenvalue weighted by Crippen LogP contribution is -2.12. The lowest BCUT2D eigenvalue weighted by atomic mass is 10.3. The molecular weight excluding hydrogens is 242 g/mol. The van der Waals surface area contributed by atoms with Crippen LogP contribution in [-0.4, -0.2) is 17.6 Å². The average Bonchev–Trinajstić information content (AvgIpc) is 2.40. The van der Waals surface area contributed by atoms with E-state index in [-0.39, 0.29) is 18.9 Å². The second-order valence-electron chi connectivity index (χ2n) is 3.96. The molecule has 0 saturated heterocycles. The smallest absolute Gasteiger partial charge is 0.226 e. The van der Waals surface area contributed by atoms with Crippen molar-refractivity contribution in [1.29, 1.82) is 0 Å². The third kappa shape index (κ3) is 4.12. The first-order valence-electron chi connectivity index (χ1n) is 6.01. The number of benzene rings is 2. The standard InChI is InChI=1S/C15H15NO3/c17-10-9-15(18)16-12-5-4-8-14(11-12)19-13-6-2-1-3-7-13/h1-8,11,17H,9-10H2,(H,16,18). The number of rotatable bonds is 5. The van der Waals surface area contributed by atoms with E-state index in [2.05, 4.69) is 5.32 Å². The van der Waals surface area contributed by atoms with Gasteiger partial charge in [-0.2, -0.15) is 0 Å². The molecule has 2 N–H and O–H groups in total. The molecule has 4 heteroatoms. The van der Waals surface area contributed by atoms with Crippen molar-refractivity contribution >= 4 is 11.6 Å². The third-order valence-corrected chi connectivity index (χ3v) is 2.44. The molecule has 0 heterocycles. The predicted octanol–water partition coefficient (Wildman–Crippen LogP) is 2.80. The predicted molar refractivity (Wildman–Crippen MR) is 73.3 cm³/mol. The molecule has 2 aromatic rings. The van der Waals surface area contributed by atoms with Crippen molar-refractivity contribution in [3.05, 3.63) is 54.6 Å². The maximum absolute atomic E-state index is 11.4. The van der Waals surface area contributed by atoms with E-state index < -0.39 is 0 Å². The van der Waals surface area contributed by atoms with Crippen molar-refractivity contribution < 1.29 is 14.6 Å². The summed E-state index contributed by atoms with van der Waals surface area (Å²) in [6.45, 7) is -0.161. The highest BCUT2D eigenvalue weighted by Gasteiger charge is 2.03. The van der Waals surface area contributed by atoms with Crippen LogP contribution in [0.4, 0.5) is 5.69 Å². The van der Waals surface area contributed by atoms with Gasteiger partial charge in [0.1, 0.15) is 11.5 Å². The molecule has 2 aromatic carbocycles. The van der Waals surface area contributed by atoms with Gasteiger partial charge in [-0.25, -0.2) is 0 Å². The zero-order valence-corrected chi connectivity index (χ0v) is 10.4. The van der Waals surface area contributed by atoms with Gasteiger partial charge < -0.3 is 15.2 Å². The Hall–Kier alpha value is -2.33. The number of para-hydroxylation sites is 1. The van der Waals surface area contributed by atoms with Crippen LogP contribution in [0.1, 0.15) is 6.42 Å². The second-order valence-corrected chi connectivity index (χ2v) is 3.96. The maximum Gasteiger partial charge on any atom is 0.226 e. The summed E-state index contributed by atoms with van der Waals surface area (Å²) in [5.41, 5.74) is 0.645. The molecule has 0 aromatic heterocycles. The molecule has 0 aliphatic carbocycles. The highest BCUT2D eigenvalue weighted by atomic mass is 16.5. The zero-order valence-electron chi connectivity index (χ0n) is 10.4. The van der Waals surface area contributed by atoms with Crippen LogP contribution in [-0.2, 0) is 4.79 Å². The molecule has 0 unspecified atom stereocenters. The van der Waals surface area contributed by atoms with Gasteiger partial charge in [-0.05, 0) is 24.3 Å². The maximum atomic E-state index is 11.4. The minimum absolute atomic E-state index is 0.0871. The van der Waals surface area contributed by atoms with E-state index in [9.17, 15) is 4.79 Å². The number of aliphatic hydroxyl groups is 1. The fraction of sp³-hybridized carbons (Fsp3) is 0.133. The Morgan fingerprint density at radius 1 is 1.05 bits per heavy atom. The summed E-state index contributed by atoms with van der Waals surface area (Å²) in [6, 6.07) is 16.5. The zero-order chi connectivity index (χ0) is 13.5. The number of aliphatic hydroxyl groups excluding tert-OH is 1. The lowest BCUT2D eigenvalue weighted by molar-refractivity contribution is -0.116. The number of hydrogen-bond donors (Lipinski definition) is 2. The Balaban J connectivity index is 2.05. The summed E-state index contributed by atoms with van der Waals surface area (Å²) in [7, 11) is 0. The SMILES string of the molecule is O=C(CCO)Nc1cccc(Oc2ccccc2)c1. The summed E-state index contributed by atoms with van der Waals surface area (Å²) >= 11 is 0. The summed E-state index contributed by atoms with van der Waals surface area (Å²) < 4.78 is 5.66. The van der Waals surface area contributed by atoms with Crippen LogP contribution >= 0.6 is 0 Å². The number of anilines is 1. The lowest BCUT2D eigenvalue weighted by Gasteiger charge is -2.08. The van der Waals surface area contributed by atoms with Crippen LogP contribution in [0, 0.1) is 0 Å². The van der Waals surface area contributed by atoms with Gasteiger partial charge in [0.2, 0.25) is 5.91 Å². The molecule has 2 rings (SSSR count). The Bertz CT molecular complexity index is 540. The van der Waals surface area contributed by atoms with Gasteiger partial charge in [0.25, 0.3) is 0 Å². The van der Waals surface area contributed by atoms with E-state index in [4.69, 9.17) is 9.84 Å². The first-order chi connectivity index (χ1) is 9.28. The number of ether oxygens (including phenoxy) is 1. The molecule has 0 bridgehead atoms. The molecule has 0 fully saturated rings. The molecule has 0 saturated carbocycles. The van der Waals surface area contributed by atoms with E-state index in [1.807, 2.05) is 36.4 Å². The van der Waals surface area contributed by atoms with Crippen LogP contribution in [0.3, 0.4) is 0 Å². The molecule has 1 amide bonds. The molecule has 4 nitrogen and oxygen atoms in total. The highest BCUT2D eigenvalue weighted by Crippen LogP contribution is 2.23. The van der Waals surface area contributed by atoms with Crippen LogP contribution < -0.4 is 10.1 Å². The van der Waals surface area contributed by atoms with E-state index in [0.717, 1.165) is 5.75 Å². The van der Waals surface area contributed by atoms with Crippen LogP contribution in [0.15, 0.2) is 54.6 Å². The van der Waals surface area contributed by atoms with Gasteiger partial charge >= 0.3 is 0 Å². The molecule has 0 atom stereocenters. The Kier molecular flexibility index (Phi) is 4.53. The summed E-state index contributed by atoms with van der Waals surface area (Å²) in [5.74, 6) is 1.16. The number of carbonyl (C=O) groups excluding carboxylic acids is 1.